The van der Waals surface area contributed by atoms with Gasteiger partial charge in [-0.25, -0.2) is 0 Å². The van der Waals surface area contributed by atoms with Crippen LogP contribution in [-0.2, 0) is 12.3 Å². The van der Waals surface area contributed by atoms with Crippen molar-refractivity contribution in [2.24, 2.45) is 0 Å². The lowest BCUT2D eigenvalue weighted by atomic mass is 10.2. The number of nitrogens with zero attached hydrogens (tertiary/aromatic N) is 4. The molecular formula is C23H20N4O2S. The summed E-state index contributed by atoms with van der Waals surface area (Å²) >= 11 is 1.60. The minimum atomic E-state index is -0.319. The second-order valence-electron chi connectivity index (χ2n) is 6.89. The van der Waals surface area contributed by atoms with Crippen molar-refractivity contribution in [1.82, 2.24) is 19.7 Å². The van der Waals surface area contributed by atoms with E-state index < -0.39 is 0 Å². The van der Waals surface area contributed by atoms with Crippen LogP contribution in [0.15, 0.2) is 78.5 Å². The van der Waals surface area contributed by atoms with Crippen molar-refractivity contribution in [3.05, 3.63) is 84.8 Å². The van der Waals surface area contributed by atoms with Crippen LogP contribution in [0, 0.1) is 0 Å². The Hall–Kier alpha value is -3.32. The minimum absolute atomic E-state index is 0.319. The number of fused-ring (bicyclic) bond motifs is 2. The Morgan fingerprint density at radius 2 is 1.87 bits per heavy atom. The van der Waals surface area contributed by atoms with Crippen LogP contribution >= 0.6 is 11.8 Å². The number of rotatable bonds is 6. The van der Waals surface area contributed by atoms with E-state index in [-0.39, 0.29) is 6.10 Å². The van der Waals surface area contributed by atoms with Gasteiger partial charge in [0.2, 0.25) is 0 Å². The summed E-state index contributed by atoms with van der Waals surface area (Å²) in [7, 11) is 0. The highest BCUT2D eigenvalue weighted by Gasteiger charge is 2.28. The van der Waals surface area contributed by atoms with Crippen molar-refractivity contribution in [3.8, 4) is 11.5 Å². The first kappa shape index (κ1) is 18.7. The number of hydrogen-bond acceptors (Lipinski definition) is 6. The highest BCUT2D eigenvalue weighted by molar-refractivity contribution is 7.98. The SMILES string of the molecule is C=CCn1c(SCc2ccc3ccccc3n2)nnc1[C@@H]1COc2ccccc2O1. The molecule has 0 amide bonds. The summed E-state index contributed by atoms with van der Waals surface area (Å²) in [6.45, 7) is 4.87. The fraction of sp³-hybridized carbons (Fsp3) is 0.174. The first-order valence-corrected chi connectivity index (χ1v) is 10.7. The smallest absolute Gasteiger partial charge is 0.192 e. The Balaban J connectivity index is 1.37. The molecule has 2 aromatic carbocycles. The molecule has 0 N–H and O–H groups in total. The van der Waals surface area contributed by atoms with Gasteiger partial charge in [-0.1, -0.05) is 54.2 Å². The molecule has 7 heteroatoms. The second-order valence-corrected chi connectivity index (χ2v) is 7.83. The number of allylic oxidation sites excluding steroid dienone is 1. The molecule has 1 aliphatic rings. The zero-order valence-electron chi connectivity index (χ0n) is 16.3. The summed E-state index contributed by atoms with van der Waals surface area (Å²) in [6, 6.07) is 19.9. The first-order valence-electron chi connectivity index (χ1n) is 9.72. The number of ether oxygens (including phenoxy) is 2. The number of hydrogen-bond donors (Lipinski definition) is 0. The Kier molecular flexibility index (Phi) is 5.11. The molecule has 1 aliphatic heterocycles. The Labute approximate surface area is 178 Å². The summed E-state index contributed by atoms with van der Waals surface area (Å²) in [4.78, 5) is 4.74. The third-order valence-electron chi connectivity index (χ3n) is 4.86. The normalized spacial score (nSPS) is 15.3. The van der Waals surface area contributed by atoms with Crippen LogP contribution in [0.3, 0.4) is 0 Å². The largest absolute Gasteiger partial charge is 0.485 e. The standard InChI is InChI=1S/C23H20N4O2S/c1-2-13-27-22(21-14-28-19-9-5-6-10-20(19)29-21)25-26-23(27)30-15-17-12-11-16-7-3-4-8-18(16)24-17/h2-12,21H,1,13-15H2/t21-/m0/s1. The summed E-state index contributed by atoms with van der Waals surface area (Å²) in [6.07, 6.45) is 1.52. The third kappa shape index (κ3) is 3.64. The summed E-state index contributed by atoms with van der Waals surface area (Å²) in [5.74, 6) is 2.90. The van der Waals surface area contributed by atoms with E-state index in [9.17, 15) is 0 Å². The molecule has 0 unspecified atom stereocenters. The van der Waals surface area contributed by atoms with Gasteiger partial charge in [0.25, 0.3) is 0 Å². The molecule has 0 aliphatic carbocycles. The number of pyridine rings is 1. The maximum Gasteiger partial charge on any atom is 0.192 e. The molecule has 0 saturated heterocycles. The molecular weight excluding hydrogens is 396 g/mol. The summed E-state index contributed by atoms with van der Waals surface area (Å²) in [5, 5.41) is 10.8. The predicted molar refractivity (Wildman–Crippen MR) is 117 cm³/mol. The number of thioether (sulfide) groups is 1. The predicted octanol–water partition coefficient (Wildman–Crippen LogP) is 4.82. The molecule has 4 aromatic rings. The van der Waals surface area contributed by atoms with Gasteiger partial charge in [0, 0.05) is 17.7 Å². The summed E-state index contributed by atoms with van der Waals surface area (Å²) < 4.78 is 14.0. The maximum atomic E-state index is 6.13. The highest BCUT2D eigenvalue weighted by Crippen LogP contribution is 2.36. The lowest BCUT2D eigenvalue weighted by molar-refractivity contribution is 0.0821. The second kappa shape index (κ2) is 8.20. The van der Waals surface area contributed by atoms with Gasteiger partial charge in [-0.05, 0) is 24.3 Å². The van der Waals surface area contributed by atoms with Crippen LogP contribution in [-0.4, -0.2) is 26.4 Å². The molecule has 150 valence electrons. The molecule has 0 spiro atoms. The van der Waals surface area contributed by atoms with Crippen LogP contribution in [0.4, 0.5) is 0 Å². The van der Waals surface area contributed by atoms with Crippen LogP contribution in [0.5, 0.6) is 11.5 Å². The minimum Gasteiger partial charge on any atom is -0.485 e. The number of benzene rings is 2. The molecule has 30 heavy (non-hydrogen) atoms. The lowest BCUT2D eigenvalue weighted by Crippen LogP contribution is -2.25. The van der Waals surface area contributed by atoms with Crippen molar-refractivity contribution in [2.75, 3.05) is 6.61 Å². The van der Waals surface area contributed by atoms with Gasteiger partial charge in [-0.2, -0.15) is 0 Å². The van der Waals surface area contributed by atoms with Crippen LogP contribution < -0.4 is 9.47 Å². The molecule has 1 atom stereocenters. The van der Waals surface area contributed by atoms with Gasteiger partial charge in [-0.3, -0.25) is 9.55 Å². The Morgan fingerprint density at radius 1 is 1.03 bits per heavy atom. The zero-order valence-corrected chi connectivity index (χ0v) is 17.1. The fourth-order valence-electron chi connectivity index (χ4n) is 3.42. The lowest BCUT2D eigenvalue weighted by Gasteiger charge is -2.26. The van der Waals surface area contributed by atoms with Crippen molar-refractivity contribution < 1.29 is 9.47 Å². The molecule has 0 saturated carbocycles. The van der Waals surface area contributed by atoms with Crippen molar-refractivity contribution >= 4 is 22.7 Å². The van der Waals surface area contributed by atoms with E-state index in [0.29, 0.717) is 18.9 Å². The van der Waals surface area contributed by atoms with Crippen LogP contribution in [0.2, 0.25) is 0 Å². The van der Waals surface area contributed by atoms with E-state index in [1.165, 1.54) is 0 Å². The number of aromatic nitrogens is 4. The third-order valence-corrected chi connectivity index (χ3v) is 5.86. The average Bonchev–Trinajstić information content (AvgIpc) is 3.20. The average molecular weight is 417 g/mol. The Bertz CT molecular complexity index is 1210. The van der Waals surface area contributed by atoms with Crippen LogP contribution in [0.25, 0.3) is 10.9 Å². The maximum absolute atomic E-state index is 6.13. The van der Waals surface area contributed by atoms with E-state index in [1.807, 2.05) is 53.1 Å². The quantitative estimate of drug-likeness (QED) is 0.332. The Morgan fingerprint density at radius 3 is 2.77 bits per heavy atom. The monoisotopic (exact) mass is 416 g/mol. The van der Waals surface area contributed by atoms with Gasteiger partial charge in [-0.15, -0.1) is 16.8 Å². The van der Waals surface area contributed by atoms with E-state index in [1.54, 1.807) is 11.8 Å². The molecule has 0 radical (unpaired) electrons. The zero-order chi connectivity index (χ0) is 20.3. The van der Waals surface area contributed by atoms with E-state index in [2.05, 4.69) is 35.0 Å². The van der Waals surface area contributed by atoms with Gasteiger partial charge in [0.15, 0.2) is 28.6 Å². The van der Waals surface area contributed by atoms with E-state index in [4.69, 9.17) is 14.5 Å². The van der Waals surface area contributed by atoms with Crippen molar-refractivity contribution in [3.63, 3.8) is 0 Å². The van der Waals surface area contributed by atoms with Gasteiger partial charge >= 0.3 is 0 Å². The van der Waals surface area contributed by atoms with Gasteiger partial charge in [0.05, 0.1) is 11.2 Å². The molecule has 3 heterocycles. The topological polar surface area (TPSA) is 62.1 Å². The fourth-order valence-corrected chi connectivity index (χ4v) is 4.28. The van der Waals surface area contributed by atoms with Gasteiger partial charge < -0.3 is 9.47 Å². The highest BCUT2D eigenvalue weighted by atomic mass is 32.2. The number of para-hydroxylation sites is 3. The molecule has 0 fully saturated rings. The molecule has 2 aromatic heterocycles. The molecule has 0 bridgehead atoms. The van der Waals surface area contributed by atoms with E-state index in [0.717, 1.165) is 39.1 Å². The van der Waals surface area contributed by atoms with Crippen molar-refractivity contribution in [2.45, 2.75) is 23.6 Å². The van der Waals surface area contributed by atoms with Gasteiger partial charge in [0.1, 0.15) is 6.61 Å². The van der Waals surface area contributed by atoms with Crippen molar-refractivity contribution in [1.29, 1.82) is 0 Å². The molecule has 5 rings (SSSR count). The molecule has 6 nitrogen and oxygen atoms in total. The van der Waals surface area contributed by atoms with E-state index >= 15 is 0 Å². The first-order chi connectivity index (χ1) is 14.8. The van der Waals surface area contributed by atoms with Crippen LogP contribution in [0.1, 0.15) is 17.6 Å². The summed E-state index contributed by atoms with van der Waals surface area (Å²) in [5.41, 5.74) is 2.00.